The molecule has 1 aliphatic carbocycles. The number of esters is 1. The Hall–Kier alpha value is -2.63. The Morgan fingerprint density at radius 2 is 1.85 bits per heavy atom. The smallest absolute Gasteiger partial charge is 0.338 e. The maximum atomic E-state index is 12.6. The zero-order chi connectivity index (χ0) is 18.6. The van der Waals surface area contributed by atoms with Crippen molar-refractivity contribution in [3.05, 3.63) is 48.3 Å². The predicted molar refractivity (Wildman–Crippen MR) is 101 cm³/mol. The predicted octanol–water partition coefficient (Wildman–Crippen LogP) is 3.21. The van der Waals surface area contributed by atoms with E-state index in [2.05, 4.69) is 5.10 Å². The van der Waals surface area contributed by atoms with Crippen LogP contribution in [-0.2, 0) is 9.53 Å². The molecule has 2 atom stereocenters. The van der Waals surface area contributed by atoms with Gasteiger partial charge in [-0.15, -0.1) is 0 Å². The minimum absolute atomic E-state index is 0.0619. The highest BCUT2D eigenvalue weighted by atomic mass is 16.5. The van der Waals surface area contributed by atoms with Crippen LogP contribution in [0.3, 0.4) is 0 Å². The summed E-state index contributed by atoms with van der Waals surface area (Å²) in [7, 11) is 0. The van der Waals surface area contributed by atoms with Gasteiger partial charge in [-0.3, -0.25) is 4.79 Å². The Bertz CT molecular complexity index is 784. The van der Waals surface area contributed by atoms with Gasteiger partial charge < -0.3 is 9.64 Å². The number of amides is 1. The summed E-state index contributed by atoms with van der Waals surface area (Å²) in [5, 5.41) is 4.16. The first-order chi connectivity index (χ1) is 13.2. The average molecular weight is 367 g/mol. The first-order valence-electron chi connectivity index (χ1n) is 9.79. The third kappa shape index (κ3) is 3.89. The van der Waals surface area contributed by atoms with Crippen molar-refractivity contribution in [2.24, 2.45) is 5.92 Å². The summed E-state index contributed by atoms with van der Waals surface area (Å²) in [5.74, 6) is 0.0997. The van der Waals surface area contributed by atoms with E-state index in [-0.39, 0.29) is 12.5 Å². The van der Waals surface area contributed by atoms with Gasteiger partial charge in [-0.25, -0.2) is 9.48 Å². The molecule has 0 radical (unpaired) electrons. The largest absolute Gasteiger partial charge is 0.452 e. The van der Waals surface area contributed by atoms with Crippen LogP contribution in [-0.4, -0.2) is 45.8 Å². The number of piperidine rings is 1. The summed E-state index contributed by atoms with van der Waals surface area (Å²) in [6, 6.07) is 9.19. The monoisotopic (exact) mass is 367 g/mol. The minimum atomic E-state index is -0.465. The second kappa shape index (κ2) is 7.94. The lowest BCUT2D eigenvalue weighted by Crippen LogP contribution is -2.50. The van der Waals surface area contributed by atoms with E-state index in [1.165, 1.54) is 25.7 Å². The van der Waals surface area contributed by atoms with Gasteiger partial charge in [0.1, 0.15) is 0 Å². The zero-order valence-electron chi connectivity index (χ0n) is 15.4. The Labute approximate surface area is 159 Å². The molecule has 2 aliphatic rings. The lowest BCUT2D eigenvalue weighted by molar-refractivity contribution is -0.140. The van der Waals surface area contributed by atoms with Crippen molar-refractivity contribution in [1.82, 2.24) is 14.7 Å². The molecule has 1 aromatic heterocycles. The highest BCUT2D eigenvalue weighted by Gasteiger charge is 2.35. The minimum Gasteiger partial charge on any atom is -0.452 e. The lowest BCUT2D eigenvalue weighted by Gasteiger charge is -2.44. The van der Waals surface area contributed by atoms with Crippen LogP contribution in [0.1, 0.15) is 48.9 Å². The van der Waals surface area contributed by atoms with Crippen molar-refractivity contribution in [2.75, 3.05) is 13.2 Å². The summed E-state index contributed by atoms with van der Waals surface area (Å²) < 4.78 is 7.02. The number of hydrogen-bond acceptors (Lipinski definition) is 4. The van der Waals surface area contributed by atoms with E-state index in [1.54, 1.807) is 23.0 Å². The maximum absolute atomic E-state index is 12.6. The normalized spacial score (nSPS) is 22.1. The molecular weight excluding hydrogens is 342 g/mol. The van der Waals surface area contributed by atoms with Gasteiger partial charge in [0.05, 0.1) is 11.3 Å². The van der Waals surface area contributed by atoms with Gasteiger partial charge in [0, 0.05) is 25.0 Å². The van der Waals surface area contributed by atoms with Crippen molar-refractivity contribution < 1.29 is 14.3 Å². The maximum Gasteiger partial charge on any atom is 0.338 e. The second-order valence-electron chi connectivity index (χ2n) is 7.41. The molecular formula is C21H25N3O3. The number of hydrogen-bond donors (Lipinski definition) is 0. The molecule has 4 rings (SSSR count). The number of nitrogens with zero attached hydrogens (tertiary/aromatic N) is 3. The van der Waals surface area contributed by atoms with E-state index < -0.39 is 5.97 Å². The molecule has 2 fully saturated rings. The molecule has 1 saturated heterocycles. The fraction of sp³-hybridized carbons (Fsp3) is 0.476. The summed E-state index contributed by atoms with van der Waals surface area (Å²) in [4.78, 5) is 26.9. The van der Waals surface area contributed by atoms with Crippen LogP contribution in [0.15, 0.2) is 42.7 Å². The highest BCUT2D eigenvalue weighted by molar-refractivity contribution is 5.91. The van der Waals surface area contributed by atoms with Crippen LogP contribution >= 0.6 is 0 Å². The molecule has 27 heavy (non-hydrogen) atoms. The number of fused-ring (bicyclic) bond motifs is 1. The Morgan fingerprint density at radius 3 is 2.63 bits per heavy atom. The summed E-state index contributed by atoms with van der Waals surface area (Å²) in [5.41, 5.74) is 1.30. The first kappa shape index (κ1) is 17.8. The quantitative estimate of drug-likeness (QED) is 0.779. The number of carbonyl (C=O) groups excluding carboxylic acids is 2. The SMILES string of the molecule is O=C(OCC(=O)N1CCC[C@H]2CCCC[C@@H]21)c1ccc(-n2cccn2)cc1. The third-order valence-electron chi connectivity index (χ3n) is 5.76. The van der Waals surface area contributed by atoms with Gasteiger partial charge in [0.15, 0.2) is 6.61 Å². The van der Waals surface area contributed by atoms with E-state index in [9.17, 15) is 9.59 Å². The molecule has 1 amide bonds. The van der Waals surface area contributed by atoms with Crippen molar-refractivity contribution in [1.29, 1.82) is 0 Å². The topological polar surface area (TPSA) is 64.4 Å². The number of carbonyl (C=O) groups is 2. The first-order valence-corrected chi connectivity index (χ1v) is 9.79. The molecule has 0 spiro atoms. The van der Waals surface area contributed by atoms with E-state index in [1.807, 2.05) is 29.3 Å². The van der Waals surface area contributed by atoms with E-state index in [4.69, 9.17) is 4.74 Å². The van der Waals surface area contributed by atoms with Crippen LogP contribution in [0.4, 0.5) is 0 Å². The molecule has 0 bridgehead atoms. The van der Waals surface area contributed by atoms with Crippen molar-refractivity contribution >= 4 is 11.9 Å². The summed E-state index contributed by atoms with van der Waals surface area (Å²) in [6.07, 6.45) is 10.6. The fourth-order valence-electron chi connectivity index (χ4n) is 4.40. The van der Waals surface area contributed by atoms with Crippen LogP contribution in [0.25, 0.3) is 5.69 Å². The van der Waals surface area contributed by atoms with E-state index in [0.29, 0.717) is 17.5 Å². The molecule has 2 heterocycles. The van der Waals surface area contributed by atoms with Gasteiger partial charge in [-0.2, -0.15) is 5.10 Å². The summed E-state index contributed by atoms with van der Waals surface area (Å²) in [6.45, 7) is 0.610. The summed E-state index contributed by atoms with van der Waals surface area (Å²) >= 11 is 0. The standard InChI is InChI=1S/C21H25N3O3/c25-20(23-13-3-6-16-5-1-2-7-19(16)23)15-27-21(26)17-8-10-18(11-9-17)24-14-4-12-22-24/h4,8-12,14,16,19H,1-3,5-7,13,15H2/t16-,19+/m1/s1. The van der Waals surface area contributed by atoms with Crippen molar-refractivity contribution in [3.63, 3.8) is 0 Å². The molecule has 0 unspecified atom stereocenters. The number of aromatic nitrogens is 2. The molecule has 1 saturated carbocycles. The Kier molecular flexibility index (Phi) is 5.23. The average Bonchev–Trinajstić information content (AvgIpc) is 3.26. The number of rotatable bonds is 4. The molecule has 1 aromatic carbocycles. The van der Waals surface area contributed by atoms with Crippen LogP contribution in [0, 0.1) is 5.92 Å². The molecule has 142 valence electrons. The molecule has 0 N–H and O–H groups in total. The Morgan fingerprint density at radius 1 is 1.07 bits per heavy atom. The van der Waals surface area contributed by atoms with Crippen LogP contribution in [0.2, 0.25) is 0 Å². The van der Waals surface area contributed by atoms with Gasteiger partial charge >= 0.3 is 5.97 Å². The lowest BCUT2D eigenvalue weighted by atomic mass is 9.78. The molecule has 1 aliphatic heterocycles. The number of benzene rings is 1. The molecule has 6 nitrogen and oxygen atoms in total. The van der Waals surface area contributed by atoms with Crippen molar-refractivity contribution in [2.45, 2.75) is 44.6 Å². The zero-order valence-corrected chi connectivity index (χ0v) is 15.4. The number of likely N-dealkylation sites (tertiary alicyclic amines) is 1. The van der Waals surface area contributed by atoms with E-state index >= 15 is 0 Å². The molecule has 6 heteroatoms. The van der Waals surface area contributed by atoms with Gasteiger partial charge in [-0.1, -0.05) is 12.8 Å². The van der Waals surface area contributed by atoms with Crippen LogP contribution < -0.4 is 0 Å². The van der Waals surface area contributed by atoms with E-state index in [0.717, 1.165) is 25.1 Å². The van der Waals surface area contributed by atoms with Gasteiger partial charge in [0.25, 0.3) is 5.91 Å². The second-order valence-corrected chi connectivity index (χ2v) is 7.41. The van der Waals surface area contributed by atoms with Crippen molar-refractivity contribution in [3.8, 4) is 5.69 Å². The third-order valence-corrected chi connectivity index (χ3v) is 5.76. The fourth-order valence-corrected chi connectivity index (χ4v) is 4.40. The number of ether oxygens (including phenoxy) is 1. The Balaban J connectivity index is 1.34. The van der Waals surface area contributed by atoms with Crippen LogP contribution in [0.5, 0.6) is 0 Å². The molecule has 2 aromatic rings. The van der Waals surface area contributed by atoms with Gasteiger partial charge in [-0.05, 0) is 61.9 Å². The highest BCUT2D eigenvalue weighted by Crippen LogP contribution is 2.35. The van der Waals surface area contributed by atoms with Gasteiger partial charge in [0.2, 0.25) is 0 Å².